The third-order valence-electron chi connectivity index (χ3n) is 7.32. The Bertz CT molecular complexity index is 1380. The minimum Gasteiger partial charge on any atom is -0.342 e. The highest BCUT2D eigenvalue weighted by atomic mass is 32.2. The Morgan fingerprint density at radius 3 is 2.59 bits per heavy atom. The second-order valence-corrected chi connectivity index (χ2v) is 13.5. The quantitative estimate of drug-likeness (QED) is 0.337. The Kier molecular flexibility index (Phi) is 8.82. The molecule has 0 saturated heterocycles. The number of carbonyl (C=O) groups excluding carboxylic acids is 2. The minimum absolute atomic E-state index is 0.0776. The fourth-order valence-electron chi connectivity index (χ4n) is 4.89. The van der Waals surface area contributed by atoms with Gasteiger partial charge < -0.3 is 15.2 Å². The van der Waals surface area contributed by atoms with Gasteiger partial charge in [-0.25, -0.2) is 0 Å². The van der Waals surface area contributed by atoms with Crippen LogP contribution in [0, 0.1) is 28.6 Å². The van der Waals surface area contributed by atoms with Gasteiger partial charge in [-0.1, -0.05) is 64.6 Å². The topological polar surface area (TPSA) is 113 Å². The van der Waals surface area contributed by atoms with Crippen molar-refractivity contribution in [3.63, 3.8) is 0 Å². The van der Waals surface area contributed by atoms with Gasteiger partial charge in [-0.2, -0.15) is 5.26 Å². The van der Waals surface area contributed by atoms with Crippen molar-refractivity contribution < 1.29 is 9.59 Å². The van der Waals surface area contributed by atoms with Gasteiger partial charge in [0.05, 0.1) is 17.4 Å². The molecule has 0 bridgehead atoms. The van der Waals surface area contributed by atoms with Crippen molar-refractivity contribution in [2.45, 2.75) is 65.1 Å². The number of thiophene rings is 1. The fourth-order valence-corrected chi connectivity index (χ4v) is 6.90. The Morgan fingerprint density at radius 2 is 1.95 bits per heavy atom. The molecule has 8 nitrogen and oxygen atoms in total. The molecule has 2 amide bonds. The van der Waals surface area contributed by atoms with E-state index in [9.17, 15) is 14.9 Å². The van der Waals surface area contributed by atoms with E-state index >= 15 is 0 Å². The van der Waals surface area contributed by atoms with Crippen molar-refractivity contribution in [2.24, 2.45) is 24.3 Å². The van der Waals surface area contributed by atoms with Crippen molar-refractivity contribution >= 4 is 39.9 Å². The number of carbonyl (C=O) groups is 2. The summed E-state index contributed by atoms with van der Waals surface area (Å²) in [5.74, 6) is 1.03. The summed E-state index contributed by atoms with van der Waals surface area (Å²) in [5.41, 5.74) is 2.50. The highest BCUT2D eigenvalue weighted by Crippen LogP contribution is 2.44. The third kappa shape index (κ3) is 6.53. The van der Waals surface area contributed by atoms with Gasteiger partial charge in [-0.15, -0.1) is 21.5 Å². The van der Waals surface area contributed by atoms with Crippen LogP contribution in [0.15, 0.2) is 35.5 Å². The van der Waals surface area contributed by atoms with Crippen molar-refractivity contribution in [3.8, 4) is 6.07 Å². The molecule has 0 saturated carbocycles. The predicted octanol–water partition coefficient (Wildman–Crippen LogP) is 5.76. The number of fused-ring (bicyclic) bond motifs is 1. The van der Waals surface area contributed by atoms with E-state index in [1.165, 1.54) is 28.0 Å². The van der Waals surface area contributed by atoms with Gasteiger partial charge >= 0.3 is 0 Å². The normalized spacial score (nSPS) is 15.9. The number of aromatic nitrogens is 3. The second-order valence-electron chi connectivity index (χ2n) is 11.4. The number of hydrogen-bond acceptors (Lipinski definition) is 7. The number of anilines is 1. The molecule has 0 fully saturated rings. The van der Waals surface area contributed by atoms with E-state index in [0.717, 1.165) is 24.8 Å². The number of rotatable bonds is 8. The van der Waals surface area contributed by atoms with E-state index in [1.807, 2.05) is 43.7 Å². The summed E-state index contributed by atoms with van der Waals surface area (Å²) >= 11 is 2.82. The molecule has 4 rings (SSSR count). The molecule has 0 unspecified atom stereocenters. The summed E-state index contributed by atoms with van der Waals surface area (Å²) in [4.78, 5) is 26.9. The zero-order valence-corrected chi connectivity index (χ0v) is 25.0. The molecule has 3 aromatic rings. The molecule has 0 radical (unpaired) electrons. The monoisotopic (exact) mass is 564 g/mol. The summed E-state index contributed by atoms with van der Waals surface area (Å²) in [7, 11) is 1.84. The van der Waals surface area contributed by atoms with Gasteiger partial charge in [0.1, 0.15) is 11.1 Å². The third-order valence-corrected chi connectivity index (χ3v) is 9.51. The molecule has 0 aliphatic heterocycles. The molecule has 206 valence electrons. The van der Waals surface area contributed by atoms with Crippen LogP contribution in [-0.4, -0.2) is 32.3 Å². The van der Waals surface area contributed by atoms with Crippen LogP contribution < -0.4 is 10.6 Å². The van der Waals surface area contributed by atoms with Crippen LogP contribution in [-0.2, 0) is 24.7 Å². The molecule has 1 aliphatic rings. The molecule has 39 heavy (non-hydrogen) atoms. The number of amides is 2. The number of benzene rings is 1. The van der Waals surface area contributed by atoms with Crippen molar-refractivity contribution in [1.29, 1.82) is 5.26 Å². The molecule has 2 heterocycles. The molecule has 1 aromatic carbocycles. The van der Waals surface area contributed by atoms with Crippen LogP contribution in [0.2, 0.25) is 0 Å². The van der Waals surface area contributed by atoms with Crippen LogP contribution in [0.1, 0.15) is 79.3 Å². The Labute approximate surface area is 238 Å². The van der Waals surface area contributed by atoms with Gasteiger partial charge in [0.25, 0.3) is 5.91 Å². The molecule has 2 N–H and O–H groups in total. The second kappa shape index (κ2) is 11.9. The lowest BCUT2D eigenvalue weighted by Gasteiger charge is -2.33. The van der Waals surface area contributed by atoms with E-state index in [-0.39, 0.29) is 34.9 Å². The van der Waals surface area contributed by atoms with Crippen molar-refractivity contribution in [2.75, 3.05) is 11.1 Å². The average molecular weight is 565 g/mol. The largest absolute Gasteiger partial charge is 0.342 e. The van der Waals surface area contributed by atoms with Gasteiger partial charge in [0.15, 0.2) is 11.0 Å². The standard InChI is InChI=1S/C29H36N6O2S2/c1-17(2)24(32-26(37)18-10-8-7-9-11-18)25-33-34-28(35(25)6)38-16-23(36)31-27-21(15-30)20-13-12-19(29(3,4)5)14-22(20)39-27/h7-11,17,19,24H,12-14,16H2,1-6H3,(H,31,36)(H,32,37)/t19-,24+/m0/s1. The molecule has 10 heteroatoms. The van der Waals surface area contributed by atoms with Crippen LogP contribution in [0.3, 0.4) is 0 Å². The number of nitriles is 1. The maximum absolute atomic E-state index is 12.9. The predicted molar refractivity (Wildman–Crippen MR) is 156 cm³/mol. The zero-order valence-electron chi connectivity index (χ0n) is 23.4. The number of nitrogens with zero attached hydrogens (tertiary/aromatic N) is 4. The zero-order chi connectivity index (χ0) is 28.3. The summed E-state index contributed by atoms with van der Waals surface area (Å²) in [6.07, 6.45) is 2.88. The van der Waals surface area contributed by atoms with Gasteiger partial charge in [0, 0.05) is 17.5 Å². The SMILES string of the molecule is CC(C)[C@@H](NC(=O)c1ccccc1)c1nnc(SCC(=O)Nc2sc3c(c2C#N)CC[C@H](C(C)(C)C)C3)n1C. The first-order valence-electron chi connectivity index (χ1n) is 13.2. The molecule has 2 aromatic heterocycles. The summed E-state index contributed by atoms with van der Waals surface area (Å²) in [6, 6.07) is 11.1. The maximum atomic E-state index is 12.9. The number of nitrogens with one attached hydrogen (secondary N) is 2. The van der Waals surface area contributed by atoms with Crippen LogP contribution >= 0.6 is 23.1 Å². The lowest BCUT2D eigenvalue weighted by Crippen LogP contribution is -2.33. The number of hydrogen-bond donors (Lipinski definition) is 2. The fraction of sp³-hybridized carbons (Fsp3) is 0.483. The summed E-state index contributed by atoms with van der Waals surface area (Å²) < 4.78 is 1.82. The Morgan fingerprint density at radius 1 is 1.23 bits per heavy atom. The maximum Gasteiger partial charge on any atom is 0.251 e. The minimum atomic E-state index is -0.342. The average Bonchev–Trinajstić information content (AvgIpc) is 3.44. The number of thioether (sulfide) groups is 1. The van der Waals surface area contributed by atoms with Crippen LogP contribution in [0.25, 0.3) is 0 Å². The molecule has 1 aliphatic carbocycles. The van der Waals surface area contributed by atoms with Gasteiger partial charge in [-0.05, 0) is 54.2 Å². The molecule has 0 spiro atoms. The Balaban J connectivity index is 1.41. The van der Waals surface area contributed by atoms with Crippen LogP contribution in [0.5, 0.6) is 0 Å². The van der Waals surface area contributed by atoms with Gasteiger partial charge in [-0.3, -0.25) is 9.59 Å². The van der Waals surface area contributed by atoms with Crippen molar-refractivity contribution in [1.82, 2.24) is 20.1 Å². The first kappa shape index (κ1) is 28.8. The van der Waals surface area contributed by atoms with Crippen LogP contribution in [0.4, 0.5) is 5.00 Å². The highest BCUT2D eigenvalue weighted by Gasteiger charge is 2.32. The van der Waals surface area contributed by atoms with Crippen molar-refractivity contribution in [3.05, 3.63) is 57.7 Å². The first-order chi connectivity index (χ1) is 18.5. The van der Waals surface area contributed by atoms with E-state index in [4.69, 9.17) is 0 Å². The van der Waals surface area contributed by atoms with Gasteiger partial charge in [0.2, 0.25) is 5.91 Å². The highest BCUT2D eigenvalue weighted by molar-refractivity contribution is 7.99. The van der Waals surface area contributed by atoms with E-state index in [1.54, 1.807) is 12.1 Å². The first-order valence-corrected chi connectivity index (χ1v) is 15.0. The van der Waals surface area contributed by atoms with E-state index < -0.39 is 0 Å². The Hall–Kier alpha value is -3.16. The summed E-state index contributed by atoms with van der Waals surface area (Å²) in [5, 5.41) is 25.7. The smallest absolute Gasteiger partial charge is 0.251 e. The lowest BCUT2D eigenvalue weighted by molar-refractivity contribution is -0.113. The summed E-state index contributed by atoms with van der Waals surface area (Å²) in [6.45, 7) is 10.8. The molecule has 2 atom stereocenters. The van der Waals surface area contributed by atoms with E-state index in [0.29, 0.717) is 33.0 Å². The molecular formula is C29H36N6O2S2. The molecular weight excluding hydrogens is 528 g/mol. The van der Waals surface area contributed by atoms with E-state index in [2.05, 4.69) is 47.7 Å². The lowest BCUT2D eigenvalue weighted by atomic mass is 9.72.